The van der Waals surface area contributed by atoms with Crippen molar-refractivity contribution in [2.75, 3.05) is 6.61 Å². The van der Waals surface area contributed by atoms with Gasteiger partial charge in [0, 0.05) is 29.3 Å². The summed E-state index contributed by atoms with van der Waals surface area (Å²) in [5, 5.41) is 0. The van der Waals surface area contributed by atoms with E-state index in [1.807, 2.05) is 6.07 Å². The smallest absolute Gasteiger partial charge is 0.137 e. The number of benzene rings is 1. The van der Waals surface area contributed by atoms with Gasteiger partial charge in [0.1, 0.15) is 11.5 Å². The summed E-state index contributed by atoms with van der Waals surface area (Å²) < 4.78 is 6.68. The molecule has 0 fully saturated rings. The molecule has 2 rings (SSSR count). The van der Waals surface area contributed by atoms with Crippen LogP contribution >= 0.6 is 15.9 Å². The van der Waals surface area contributed by atoms with E-state index in [0.717, 1.165) is 28.8 Å². The van der Waals surface area contributed by atoms with Crippen molar-refractivity contribution in [1.29, 1.82) is 0 Å². The zero-order chi connectivity index (χ0) is 13.3. The Hall–Kier alpha value is -0.830. The number of carbonyl (C=O) groups is 1. The van der Waals surface area contributed by atoms with Crippen molar-refractivity contribution in [3.05, 3.63) is 27.7 Å². The second kappa shape index (κ2) is 5.04. The SMILES string of the molecule is CC(C)(C)CC(=O)Cc1cc(Br)cc2c1OCC2. The molecule has 0 unspecified atom stereocenters. The van der Waals surface area contributed by atoms with Gasteiger partial charge < -0.3 is 4.74 Å². The van der Waals surface area contributed by atoms with Crippen LogP contribution in [0.5, 0.6) is 5.75 Å². The molecule has 3 heteroatoms. The topological polar surface area (TPSA) is 26.3 Å². The minimum Gasteiger partial charge on any atom is -0.493 e. The van der Waals surface area contributed by atoms with Gasteiger partial charge in [0.25, 0.3) is 0 Å². The van der Waals surface area contributed by atoms with Gasteiger partial charge in [0.2, 0.25) is 0 Å². The number of fused-ring (bicyclic) bond motifs is 1. The van der Waals surface area contributed by atoms with Crippen molar-refractivity contribution < 1.29 is 9.53 Å². The third-order valence-electron chi connectivity index (χ3n) is 2.94. The highest BCUT2D eigenvalue weighted by Crippen LogP contribution is 2.34. The Morgan fingerprint density at radius 3 is 2.78 bits per heavy atom. The summed E-state index contributed by atoms with van der Waals surface area (Å²) in [4.78, 5) is 12.1. The van der Waals surface area contributed by atoms with Crippen molar-refractivity contribution in [3.63, 3.8) is 0 Å². The van der Waals surface area contributed by atoms with Gasteiger partial charge >= 0.3 is 0 Å². The van der Waals surface area contributed by atoms with Crippen molar-refractivity contribution in [3.8, 4) is 5.75 Å². The van der Waals surface area contributed by atoms with Crippen LogP contribution in [-0.2, 0) is 17.6 Å². The Morgan fingerprint density at radius 2 is 2.11 bits per heavy atom. The summed E-state index contributed by atoms with van der Waals surface area (Å²) in [6.45, 7) is 7.00. The second-order valence-electron chi connectivity index (χ2n) is 6.10. The van der Waals surface area contributed by atoms with Gasteiger partial charge in [-0.3, -0.25) is 4.79 Å². The molecule has 2 nitrogen and oxygen atoms in total. The molecule has 1 aliphatic heterocycles. The van der Waals surface area contributed by atoms with E-state index < -0.39 is 0 Å². The predicted octanol–water partition coefficient (Wildman–Crippen LogP) is 3.93. The highest BCUT2D eigenvalue weighted by molar-refractivity contribution is 9.10. The van der Waals surface area contributed by atoms with E-state index in [2.05, 4.69) is 42.8 Å². The molecule has 0 bridgehead atoms. The molecule has 0 atom stereocenters. The number of hydrogen-bond acceptors (Lipinski definition) is 2. The van der Waals surface area contributed by atoms with E-state index >= 15 is 0 Å². The average molecular weight is 311 g/mol. The van der Waals surface area contributed by atoms with E-state index in [1.165, 1.54) is 5.56 Å². The van der Waals surface area contributed by atoms with Crippen molar-refractivity contribution in [2.45, 2.75) is 40.0 Å². The quantitative estimate of drug-likeness (QED) is 0.845. The zero-order valence-corrected chi connectivity index (χ0v) is 12.8. The number of Topliss-reactive ketones (excluding diaryl/α,β-unsaturated/α-hetero) is 1. The molecule has 1 aromatic carbocycles. The van der Waals surface area contributed by atoms with Crippen molar-refractivity contribution in [1.82, 2.24) is 0 Å². The van der Waals surface area contributed by atoms with Crippen LogP contribution < -0.4 is 4.74 Å². The van der Waals surface area contributed by atoms with Crippen LogP contribution in [-0.4, -0.2) is 12.4 Å². The predicted molar refractivity (Wildman–Crippen MR) is 76.1 cm³/mol. The zero-order valence-electron chi connectivity index (χ0n) is 11.2. The number of hydrogen-bond donors (Lipinski definition) is 0. The summed E-state index contributed by atoms with van der Waals surface area (Å²) in [7, 11) is 0. The molecule has 0 aliphatic carbocycles. The van der Waals surface area contributed by atoms with E-state index in [4.69, 9.17) is 4.74 Å². The number of halogens is 1. The van der Waals surface area contributed by atoms with E-state index in [1.54, 1.807) is 0 Å². The van der Waals surface area contributed by atoms with E-state index in [0.29, 0.717) is 12.8 Å². The molecule has 0 saturated carbocycles. The monoisotopic (exact) mass is 310 g/mol. The van der Waals surface area contributed by atoms with Crippen molar-refractivity contribution >= 4 is 21.7 Å². The lowest BCUT2D eigenvalue weighted by molar-refractivity contribution is -0.120. The van der Waals surface area contributed by atoms with Gasteiger partial charge in [-0.1, -0.05) is 36.7 Å². The maximum absolute atomic E-state index is 12.1. The molecule has 0 radical (unpaired) electrons. The Morgan fingerprint density at radius 1 is 1.39 bits per heavy atom. The Bertz CT molecular complexity index is 472. The molecule has 0 aromatic heterocycles. The maximum Gasteiger partial charge on any atom is 0.137 e. The van der Waals surface area contributed by atoms with E-state index in [-0.39, 0.29) is 11.2 Å². The van der Waals surface area contributed by atoms with Crippen LogP contribution in [0.1, 0.15) is 38.3 Å². The normalized spacial score (nSPS) is 14.2. The average Bonchev–Trinajstić information content (AvgIpc) is 2.61. The molecule has 0 spiro atoms. The van der Waals surface area contributed by atoms with Gasteiger partial charge in [0.15, 0.2) is 0 Å². The third-order valence-corrected chi connectivity index (χ3v) is 3.40. The first-order chi connectivity index (χ1) is 8.35. The first-order valence-electron chi connectivity index (χ1n) is 6.31. The minimum absolute atomic E-state index is 0.0487. The van der Waals surface area contributed by atoms with Gasteiger partial charge in [0.05, 0.1) is 6.61 Å². The molecule has 18 heavy (non-hydrogen) atoms. The highest BCUT2D eigenvalue weighted by Gasteiger charge is 2.21. The molecule has 1 aromatic rings. The second-order valence-corrected chi connectivity index (χ2v) is 7.02. The fourth-order valence-electron chi connectivity index (χ4n) is 2.34. The largest absolute Gasteiger partial charge is 0.493 e. The van der Waals surface area contributed by atoms with Gasteiger partial charge in [-0.15, -0.1) is 0 Å². The molecule has 0 amide bonds. The summed E-state index contributed by atoms with van der Waals surface area (Å²) in [6.07, 6.45) is 2.02. The lowest BCUT2D eigenvalue weighted by atomic mass is 9.88. The van der Waals surface area contributed by atoms with Crippen LogP contribution in [0.25, 0.3) is 0 Å². The first-order valence-corrected chi connectivity index (χ1v) is 7.10. The molecular formula is C15H19BrO2. The summed E-state index contributed by atoms with van der Waals surface area (Å²) in [6, 6.07) is 4.09. The van der Waals surface area contributed by atoms with Crippen LogP contribution in [0.2, 0.25) is 0 Å². The Labute approximate surface area is 117 Å². The lowest BCUT2D eigenvalue weighted by Crippen LogP contribution is -2.15. The summed E-state index contributed by atoms with van der Waals surface area (Å²) in [5.74, 6) is 1.21. The summed E-state index contributed by atoms with van der Waals surface area (Å²) in [5.41, 5.74) is 2.28. The molecule has 1 heterocycles. The molecule has 0 saturated heterocycles. The minimum atomic E-state index is 0.0487. The number of ether oxygens (including phenoxy) is 1. The number of carbonyl (C=O) groups excluding carboxylic acids is 1. The molecular weight excluding hydrogens is 292 g/mol. The summed E-state index contributed by atoms with van der Waals surface area (Å²) >= 11 is 3.50. The number of rotatable bonds is 3. The van der Waals surface area contributed by atoms with Crippen molar-refractivity contribution in [2.24, 2.45) is 5.41 Å². The standard InChI is InChI=1S/C15H19BrO2/c1-15(2,3)9-13(17)8-11-7-12(16)6-10-4-5-18-14(10)11/h6-7H,4-5,8-9H2,1-3H3. The van der Waals surface area contributed by atoms with Crippen LogP contribution in [0.4, 0.5) is 0 Å². The van der Waals surface area contributed by atoms with Crippen LogP contribution in [0, 0.1) is 5.41 Å². The van der Waals surface area contributed by atoms with Gasteiger partial charge in [-0.2, -0.15) is 0 Å². The van der Waals surface area contributed by atoms with Crippen LogP contribution in [0.15, 0.2) is 16.6 Å². The molecule has 98 valence electrons. The van der Waals surface area contributed by atoms with Crippen LogP contribution in [0.3, 0.4) is 0 Å². The number of ketones is 1. The van der Waals surface area contributed by atoms with Gasteiger partial charge in [-0.25, -0.2) is 0 Å². The third kappa shape index (κ3) is 3.35. The van der Waals surface area contributed by atoms with Gasteiger partial charge in [-0.05, 0) is 23.1 Å². The molecule has 1 aliphatic rings. The van der Waals surface area contributed by atoms with E-state index in [9.17, 15) is 4.79 Å². The highest BCUT2D eigenvalue weighted by atomic mass is 79.9. The maximum atomic E-state index is 12.1. The fraction of sp³-hybridized carbons (Fsp3) is 0.533. The fourth-order valence-corrected chi connectivity index (χ4v) is 2.90. The Balaban J connectivity index is 2.17. The molecule has 0 N–H and O–H groups in total. The lowest BCUT2D eigenvalue weighted by Gasteiger charge is -2.17. The Kier molecular flexibility index (Phi) is 3.81. The first kappa shape index (κ1) is 13.6.